The summed E-state index contributed by atoms with van der Waals surface area (Å²) in [5, 5.41) is 16.6. The van der Waals surface area contributed by atoms with Crippen molar-refractivity contribution in [3.63, 3.8) is 0 Å². The number of aromatic amines is 1. The summed E-state index contributed by atoms with van der Waals surface area (Å²) in [6.45, 7) is 0.511. The lowest BCUT2D eigenvalue weighted by atomic mass is 10.2. The third-order valence-corrected chi connectivity index (χ3v) is 3.84. The fourth-order valence-electron chi connectivity index (χ4n) is 1.95. The van der Waals surface area contributed by atoms with E-state index in [0.29, 0.717) is 22.9 Å². The van der Waals surface area contributed by atoms with Crippen LogP contribution in [0.15, 0.2) is 47.5 Å². The summed E-state index contributed by atoms with van der Waals surface area (Å²) in [6.07, 6.45) is 6.39. The first-order chi connectivity index (χ1) is 11.1. The number of aromatic nitrogens is 4. The second-order valence-electron chi connectivity index (χ2n) is 4.73. The topological polar surface area (TPSA) is 87.6 Å². The van der Waals surface area contributed by atoms with Crippen molar-refractivity contribution < 1.29 is 4.79 Å². The van der Waals surface area contributed by atoms with E-state index in [1.54, 1.807) is 23.3 Å². The van der Waals surface area contributed by atoms with E-state index in [1.165, 1.54) is 6.20 Å². The Hall–Kier alpha value is -2.32. The maximum atomic E-state index is 11.8. The fraction of sp³-hybridized carbons (Fsp3) is 0.0714. The monoisotopic (exact) mass is 394 g/mol. The summed E-state index contributed by atoms with van der Waals surface area (Å²) in [6, 6.07) is 5.31. The predicted octanol–water partition coefficient (Wildman–Crippen LogP) is 3.71. The van der Waals surface area contributed by atoms with Gasteiger partial charge in [0.2, 0.25) is 0 Å². The van der Waals surface area contributed by atoms with Gasteiger partial charge < -0.3 is 10.6 Å². The van der Waals surface area contributed by atoms with Gasteiger partial charge in [0.25, 0.3) is 0 Å². The molecule has 0 spiro atoms. The normalized spacial score (nSPS) is 10.5. The standard InChI is InChI=1S/C14H12BrClN6O/c15-10-2-1-9(13(16)3-10)7-22-8-12(6-19-22)21-14(23)20-11-4-17-18-5-11/h1-6,8H,7H2,(H,17,18)(H2,20,21,23). The average molecular weight is 396 g/mol. The lowest BCUT2D eigenvalue weighted by Gasteiger charge is -2.05. The molecule has 2 heterocycles. The minimum absolute atomic E-state index is 0.368. The number of nitrogens with one attached hydrogen (secondary N) is 3. The average Bonchev–Trinajstić information content (AvgIpc) is 3.14. The maximum Gasteiger partial charge on any atom is 0.323 e. The summed E-state index contributed by atoms with van der Waals surface area (Å²) in [5.41, 5.74) is 2.10. The van der Waals surface area contributed by atoms with Crippen LogP contribution in [-0.2, 0) is 6.54 Å². The highest BCUT2D eigenvalue weighted by Gasteiger charge is 2.07. The number of anilines is 2. The number of H-pyrrole nitrogens is 1. The molecule has 7 nitrogen and oxygen atoms in total. The van der Waals surface area contributed by atoms with Crippen LogP contribution in [-0.4, -0.2) is 26.0 Å². The quantitative estimate of drug-likeness (QED) is 0.629. The summed E-state index contributed by atoms with van der Waals surface area (Å²) in [5.74, 6) is 0. The number of urea groups is 1. The number of hydrogen-bond acceptors (Lipinski definition) is 3. The van der Waals surface area contributed by atoms with Crippen LogP contribution in [0.5, 0.6) is 0 Å². The maximum absolute atomic E-state index is 11.8. The Bertz CT molecular complexity index is 817. The highest BCUT2D eigenvalue weighted by molar-refractivity contribution is 9.10. The molecule has 3 rings (SSSR count). The number of carbonyl (C=O) groups is 1. The number of nitrogens with zero attached hydrogens (tertiary/aromatic N) is 3. The zero-order valence-electron chi connectivity index (χ0n) is 11.8. The van der Waals surface area contributed by atoms with Gasteiger partial charge in [-0.3, -0.25) is 9.78 Å². The third-order valence-electron chi connectivity index (χ3n) is 2.99. The van der Waals surface area contributed by atoms with Crippen molar-refractivity contribution in [1.29, 1.82) is 0 Å². The van der Waals surface area contributed by atoms with Gasteiger partial charge in [0.15, 0.2) is 0 Å². The minimum Gasteiger partial charge on any atom is -0.305 e. The van der Waals surface area contributed by atoms with Gasteiger partial charge in [-0.15, -0.1) is 0 Å². The lowest BCUT2D eigenvalue weighted by molar-refractivity contribution is 0.262. The Morgan fingerprint density at radius 3 is 2.87 bits per heavy atom. The molecule has 0 aliphatic heterocycles. The van der Waals surface area contributed by atoms with Crippen LogP contribution in [0, 0.1) is 0 Å². The van der Waals surface area contributed by atoms with E-state index in [4.69, 9.17) is 11.6 Å². The molecule has 3 aromatic rings. The summed E-state index contributed by atoms with van der Waals surface area (Å²) >= 11 is 9.56. The molecule has 23 heavy (non-hydrogen) atoms. The van der Waals surface area contributed by atoms with Gasteiger partial charge in [0, 0.05) is 21.9 Å². The summed E-state index contributed by atoms with van der Waals surface area (Å²) < 4.78 is 2.62. The molecule has 118 valence electrons. The van der Waals surface area contributed by atoms with Gasteiger partial charge in [-0.2, -0.15) is 10.2 Å². The van der Waals surface area contributed by atoms with Gasteiger partial charge in [0.05, 0.1) is 30.3 Å². The number of halogens is 2. The number of hydrogen-bond donors (Lipinski definition) is 3. The van der Waals surface area contributed by atoms with Crippen LogP contribution < -0.4 is 10.6 Å². The Kier molecular flexibility index (Phi) is 4.63. The molecule has 1 aromatic carbocycles. The van der Waals surface area contributed by atoms with E-state index in [0.717, 1.165) is 10.0 Å². The van der Waals surface area contributed by atoms with E-state index in [9.17, 15) is 4.79 Å². The molecule has 0 aliphatic carbocycles. The van der Waals surface area contributed by atoms with Crippen LogP contribution in [0.2, 0.25) is 5.02 Å². The second-order valence-corrected chi connectivity index (χ2v) is 6.05. The van der Waals surface area contributed by atoms with E-state index >= 15 is 0 Å². The number of amides is 2. The minimum atomic E-state index is -0.368. The molecule has 2 amide bonds. The molecule has 9 heteroatoms. The predicted molar refractivity (Wildman–Crippen MR) is 91.7 cm³/mol. The Labute approximate surface area is 145 Å². The number of rotatable bonds is 4. The van der Waals surface area contributed by atoms with E-state index in [2.05, 4.69) is 41.9 Å². The Morgan fingerprint density at radius 2 is 2.13 bits per heavy atom. The zero-order chi connectivity index (χ0) is 16.2. The van der Waals surface area contributed by atoms with Crippen LogP contribution in [0.1, 0.15) is 5.56 Å². The van der Waals surface area contributed by atoms with Crippen molar-refractivity contribution in [2.75, 3.05) is 10.6 Å². The van der Waals surface area contributed by atoms with Gasteiger partial charge in [-0.05, 0) is 17.7 Å². The molecule has 0 unspecified atom stereocenters. The first kappa shape index (κ1) is 15.6. The molecule has 0 fully saturated rings. The molecule has 3 N–H and O–H groups in total. The SMILES string of the molecule is O=C(Nc1cn[nH]c1)Nc1cnn(Cc2ccc(Br)cc2Cl)c1. The molecule has 0 saturated heterocycles. The van der Waals surface area contributed by atoms with E-state index in [-0.39, 0.29) is 6.03 Å². The van der Waals surface area contributed by atoms with Crippen molar-refractivity contribution >= 4 is 44.9 Å². The van der Waals surface area contributed by atoms with Crippen LogP contribution >= 0.6 is 27.5 Å². The van der Waals surface area contributed by atoms with Gasteiger partial charge in [-0.1, -0.05) is 33.6 Å². The molecule has 2 aromatic heterocycles. The molecule has 0 atom stereocenters. The van der Waals surface area contributed by atoms with Crippen molar-refractivity contribution in [3.05, 3.63) is 58.0 Å². The summed E-state index contributed by atoms with van der Waals surface area (Å²) in [4.78, 5) is 11.8. The van der Waals surface area contributed by atoms with Crippen molar-refractivity contribution in [2.45, 2.75) is 6.54 Å². The smallest absolute Gasteiger partial charge is 0.305 e. The summed E-state index contributed by atoms with van der Waals surface area (Å²) in [7, 11) is 0. The Balaban J connectivity index is 1.62. The molecule has 0 radical (unpaired) electrons. The highest BCUT2D eigenvalue weighted by atomic mass is 79.9. The second kappa shape index (κ2) is 6.84. The molecule has 0 saturated carbocycles. The van der Waals surface area contributed by atoms with Crippen molar-refractivity contribution in [2.24, 2.45) is 0 Å². The van der Waals surface area contributed by atoms with E-state index in [1.807, 2.05) is 18.2 Å². The lowest BCUT2D eigenvalue weighted by Crippen LogP contribution is -2.18. The molecule has 0 aliphatic rings. The van der Waals surface area contributed by atoms with Crippen LogP contribution in [0.3, 0.4) is 0 Å². The first-order valence-corrected chi connectivity index (χ1v) is 7.80. The van der Waals surface area contributed by atoms with Crippen LogP contribution in [0.25, 0.3) is 0 Å². The first-order valence-electron chi connectivity index (χ1n) is 6.63. The molecular weight excluding hydrogens is 384 g/mol. The highest BCUT2D eigenvalue weighted by Crippen LogP contribution is 2.22. The largest absolute Gasteiger partial charge is 0.323 e. The number of carbonyl (C=O) groups excluding carboxylic acids is 1. The molecule has 0 bridgehead atoms. The van der Waals surface area contributed by atoms with Crippen molar-refractivity contribution in [3.8, 4) is 0 Å². The van der Waals surface area contributed by atoms with E-state index < -0.39 is 0 Å². The Morgan fingerprint density at radius 1 is 1.30 bits per heavy atom. The van der Waals surface area contributed by atoms with Gasteiger partial charge in [-0.25, -0.2) is 4.79 Å². The van der Waals surface area contributed by atoms with Crippen LogP contribution in [0.4, 0.5) is 16.2 Å². The molecular formula is C14H12BrClN6O. The fourth-order valence-corrected chi connectivity index (χ4v) is 2.68. The third kappa shape index (κ3) is 4.11. The zero-order valence-corrected chi connectivity index (χ0v) is 14.1. The number of benzene rings is 1. The van der Waals surface area contributed by atoms with Gasteiger partial charge >= 0.3 is 6.03 Å². The van der Waals surface area contributed by atoms with Crippen molar-refractivity contribution in [1.82, 2.24) is 20.0 Å². The van der Waals surface area contributed by atoms with Gasteiger partial charge in [0.1, 0.15) is 0 Å².